The van der Waals surface area contributed by atoms with Gasteiger partial charge < -0.3 is 24.0 Å². The van der Waals surface area contributed by atoms with Gasteiger partial charge in [-0.05, 0) is 42.0 Å². The lowest BCUT2D eigenvalue weighted by Crippen LogP contribution is -2.48. The molecule has 1 aromatic carbocycles. The molecule has 1 aliphatic heterocycles. The van der Waals surface area contributed by atoms with Crippen LogP contribution >= 0.6 is 11.3 Å². The molecule has 1 aromatic heterocycles. The number of methoxy groups -OCH3 is 2. The number of fused-ring (bicyclic) bond motifs is 1. The highest BCUT2D eigenvalue weighted by Crippen LogP contribution is 2.34. The SMILES string of the molecule is COCCCN(CC(=O)N1CCc2sccc2C1COc1cccc(F)c1)C(=O)COC. The minimum absolute atomic E-state index is 0.0398. The van der Waals surface area contributed by atoms with Crippen LogP contribution in [-0.4, -0.2) is 75.3 Å². The Bertz CT molecular complexity index is 906. The highest BCUT2D eigenvalue weighted by molar-refractivity contribution is 7.10. The second-order valence-corrected chi connectivity index (χ2v) is 8.52. The molecule has 0 saturated heterocycles. The number of halogens is 1. The zero-order valence-corrected chi connectivity index (χ0v) is 19.2. The minimum atomic E-state index is -0.376. The lowest BCUT2D eigenvalue weighted by atomic mass is 10.0. The minimum Gasteiger partial charge on any atom is -0.491 e. The van der Waals surface area contributed by atoms with E-state index in [-0.39, 0.29) is 43.4 Å². The van der Waals surface area contributed by atoms with Crippen LogP contribution in [0.3, 0.4) is 0 Å². The molecule has 3 rings (SSSR count). The summed E-state index contributed by atoms with van der Waals surface area (Å²) in [5, 5.41) is 2.01. The molecule has 2 aromatic rings. The Morgan fingerprint density at radius 2 is 2.09 bits per heavy atom. The summed E-state index contributed by atoms with van der Waals surface area (Å²) in [4.78, 5) is 30.3. The monoisotopic (exact) mass is 464 g/mol. The maximum atomic E-state index is 13.5. The molecule has 0 aliphatic carbocycles. The maximum absolute atomic E-state index is 13.5. The van der Waals surface area contributed by atoms with Gasteiger partial charge in [0.15, 0.2) is 0 Å². The standard InChI is InChI=1S/C23H29FN2O5S/c1-29-11-4-9-25(23(28)16-30-2)14-22(27)26-10-7-21-19(8-12-32-21)20(26)15-31-18-6-3-5-17(24)13-18/h3,5-6,8,12-13,20H,4,7,9-11,14-16H2,1-2H3. The van der Waals surface area contributed by atoms with E-state index in [0.717, 1.165) is 12.0 Å². The lowest BCUT2D eigenvalue weighted by molar-refractivity contribution is -0.144. The zero-order chi connectivity index (χ0) is 22.9. The second kappa shape index (κ2) is 11.9. The fourth-order valence-corrected chi connectivity index (χ4v) is 4.70. The Morgan fingerprint density at radius 3 is 2.84 bits per heavy atom. The van der Waals surface area contributed by atoms with E-state index in [0.29, 0.717) is 31.9 Å². The molecule has 2 heterocycles. The van der Waals surface area contributed by atoms with E-state index in [2.05, 4.69) is 0 Å². The van der Waals surface area contributed by atoms with Crippen molar-refractivity contribution in [2.45, 2.75) is 18.9 Å². The highest BCUT2D eigenvalue weighted by Gasteiger charge is 2.33. The molecule has 0 saturated carbocycles. The van der Waals surface area contributed by atoms with Crippen LogP contribution < -0.4 is 4.74 Å². The van der Waals surface area contributed by atoms with Crippen LogP contribution in [0, 0.1) is 5.82 Å². The molecule has 0 N–H and O–H groups in total. The van der Waals surface area contributed by atoms with Gasteiger partial charge >= 0.3 is 0 Å². The van der Waals surface area contributed by atoms with Gasteiger partial charge in [0, 0.05) is 44.9 Å². The van der Waals surface area contributed by atoms with Crippen LogP contribution in [0.2, 0.25) is 0 Å². The normalized spacial score (nSPS) is 15.3. The van der Waals surface area contributed by atoms with Crippen molar-refractivity contribution < 1.29 is 28.2 Å². The first kappa shape index (κ1) is 24.2. The van der Waals surface area contributed by atoms with Gasteiger partial charge in [0.05, 0.1) is 12.6 Å². The zero-order valence-electron chi connectivity index (χ0n) is 18.4. The van der Waals surface area contributed by atoms with E-state index >= 15 is 0 Å². The van der Waals surface area contributed by atoms with Crippen molar-refractivity contribution >= 4 is 23.2 Å². The number of thiophene rings is 1. The van der Waals surface area contributed by atoms with Crippen LogP contribution in [0.15, 0.2) is 35.7 Å². The molecule has 7 nitrogen and oxygen atoms in total. The van der Waals surface area contributed by atoms with Gasteiger partial charge in [-0.1, -0.05) is 6.07 Å². The predicted octanol–water partition coefficient (Wildman–Crippen LogP) is 2.90. The van der Waals surface area contributed by atoms with Gasteiger partial charge in [-0.3, -0.25) is 9.59 Å². The Kier molecular flexibility index (Phi) is 9.01. The summed E-state index contributed by atoms with van der Waals surface area (Å²) < 4.78 is 29.4. The van der Waals surface area contributed by atoms with Crippen molar-refractivity contribution in [2.75, 3.05) is 53.7 Å². The van der Waals surface area contributed by atoms with E-state index in [1.807, 2.05) is 11.4 Å². The molecule has 174 valence electrons. The number of nitrogens with zero attached hydrogens (tertiary/aromatic N) is 2. The summed E-state index contributed by atoms with van der Waals surface area (Å²) in [6.07, 6.45) is 1.38. The third-order valence-corrected chi connectivity index (χ3v) is 6.34. The fraction of sp³-hybridized carbons (Fsp3) is 0.478. The molecule has 0 fully saturated rings. The second-order valence-electron chi connectivity index (χ2n) is 7.52. The Hall–Kier alpha value is -2.49. The van der Waals surface area contributed by atoms with Gasteiger partial charge in [0.25, 0.3) is 0 Å². The van der Waals surface area contributed by atoms with Crippen molar-refractivity contribution in [3.05, 3.63) is 52.0 Å². The molecule has 1 atom stereocenters. The number of hydrogen-bond donors (Lipinski definition) is 0. The molecule has 0 bridgehead atoms. The van der Waals surface area contributed by atoms with Crippen molar-refractivity contribution in [2.24, 2.45) is 0 Å². The van der Waals surface area contributed by atoms with Gasteiger partial charge in [-0.15, -0.1) is 11.3 Å². The molecular formula is C23H29FN2O5S. The van der Waals surface area contributed by atoms with Crippen LogP contribution in [0.1, 0.15) is 22.9 Å². The summed E-state index contributed by atoms with van der Waals surface area (Å²) in [5.41, 5.74) is 1.04. The van der Waals surface area contributed by atoms with E-state index in [9.17, 15) is 14.0 Å². The van der Waals surface area contributed by atoms with Crippen molar-refractivity contribution in [1.82, 2.24) is 9.80 Å². The van der Waals surface area contributed by atoms with Gasteiger partial charge in [0.2, 0.25) is 11.8 Å². The van der Waals surface area contributed by atoms with E-state index in [1.54, 1.807) is 35.5 Å². The molecule has 0 spiro atoms. The molecule has 32 heavy (non-hydrogen) atoms. The molecular weight excluding hydrogens is 435 g/mol. The Balaban J connectivity index is 1.73. The van der Waals surface area contributed by atoms with Crippen molar-refractivity contribution in [3.8, 4) is 5.75 Å². The number of benzene rings is 1. The summed E-state index contributed by atoms with van der Waals surface area (Å²) in [6.45, 7) is 1.52. The smallest absolute Gasteiger partial charge is 0.249 e. The van der Waals surface area contributed by atoms with Crippen LogP contribution in [0.25, 0.3) is 0 Å². The van der Waals surface area contributed by atoms with E-state index in [4.69, 9.17) is 14.2 Å². The lowest BCUT2D eigenvalue weighted by Gasteiger charge is -2.37. The summed E-state index contributed by atoms with van der Waals surface area (Å²) in [6, 6.07) is 7.65. The number of hydrogen-bond acceptors (Lipinski definition) is 6. The number of ether oxygens (including phenoxy) is 3. The molecule has 1 unspecified atom stereocenters. The summed E-state index contributed by atoms with van der Waals surface area (Å²) >= 11 is 1.66. The molecule has 2 amide bonds. The van der Waals surface area contributed by atoms with Crippen LogP contribution in [0.5, 0.6) is 5.75 Å². The van der Waals surface area contributed by atoms with Gasteiger partial charge in [0.1, 0.15) is 24.8 Å². The largest absolute Gasteiger partial charge is 0.491 e. The predicted molar refractivity (Wildman–Crippen MR) is 119 cm³/mol. The highest BCUT2D eigenvalue weighted by atomic mass is 32.1. The van der Waals surface area contributed by atoms with Gasteiger partial charge in [-0.2, -0.15) is 0 Å². The fourth-order valence-electron chi connectivity index (χ4n) is 3.77. The van der Waals surface area contributed by atoms with Gasteiger partial charge in [-0.25, -0.2) is 4.39 Å². The number of carbonyl (C=O) groups excluding carboxylic acids is 2. The van der Waals surface area contributed by atoms with Crippen LogP contribution in [0.4, 0.5) is 4.39 Å². The Labute approximate surface area is 191 Å². The third kappa shape index (κ3) is 6.27. The number of amides is 2. The van der Waals surface area contributed by atoms with E-state index < -0.39 is 0 Å². The Morgan fingerprint density at radius 1 is 1.25 bits per heavy atom. The number of carbonyl (C=O) groups is 2. The first-order chi connectivity index (χ1) is 15.5. The van der Waals surface area contributed by atoms with Crippen molar-refractivity contribution in [3.63, 3.8) is 0 Å². The summed E-state index contributed by atoms with van der Waals surface area (Å²) in [7, 11) is 3.05. The third-order valence-electron chi connectivity index (χ3n) is 5.34. The van der Waals surface area contributed by atoms with E-state index in [1.165, 1.54) is 29.0 Å². The van der Waals surface area contributed by atoms with Crippen molar-refractivity contribution in [1.29, 1.82) is 0 Å². The first-order valence-electron chi connectivity index (χ1n) is 10.5. The average molecular weight is 465 g/mol. The summed E-state index contributed by atoms with van der Waals surface area (Å²) in [5.74, 6) is -0.357. The molecule has 1 aliphatic rings. The topological polar surface area (TPSA) is 68.3 Å². The number of rotatable bonds is 11. The quantitative estimate of drug-likeness (QED) is 0.479. The average Bonchev–Trinajstić information content (AvgIpc) is 3.26. The molecule has 9 heteroatoms. The van der Waals surface area contributed by atoms with Crippen LogP contribution in [-0.2, 0) is 25.5 Å². The maximum Gasteiger partial charge on any atom is 0.249 e. The first-order valence-corrected chi connectivity index (χ1v) is 11.4. The molecule has 0 radical (unpaired) electrons.